The van der Waals surface area contributed by atoms with Gasteiger partial charge in [0.15, 0.2) is 0 Å². The average Bonchev–Trinajstić information content (AvgIpc) is 2.70. The zero-order chi connectivity index (χ0) is 19.7. The van der Waals surface area contributed by atoms with E-state index in [9.17, 15) is 9.59 Å². The third-order valence-electron chi connectivity index (χ3n) is 4.84. The summed E-state index contributed by atoms with van der Waals surface area (Å²) < 4.78 is 0. The molecule has 0 aliphatic heterocycles. The summed E-state index contributed by atoms with van der Waals surface area (Å²) in [5.74, 6) is -0.840. The fraction of sp³-hybridized carbons (Fsp3) is 0.318. The molecule has 0 spiro atoms. The van der Waals surface area contributed by atoms with Gasteiger partial charge in [-0.25, -0.2) is 0 Å². The van der Waals surface area contributed by atoms with E-state index >= 15 is 0 Å². The number of nitrogens with zero attached hydrogens (tertiary/aromatic N) is 1. The summed E-state index contributed by atoms with van der Waals surface area (Å²) in [5.41, 5.74) is 6.22. The monoisotopic (exact) mass is 363 g/mol. The van der Waals surface area contributed by atoms with Crippen molar-refractivity contribution in [2.24, 2.45) is 5.73 Å². The lowest BCUT2D eigenvalue weighted by Gasteiger charge is -2.31. The normalized spacial score (nSPS) is 12.0. The molecular formula is C22H25N3O2. The van der Waals surface area contributed by atoms with E-state index in [1.54, 1.807) is 0 Å². The van der Waals surface area contributed by atoms with Crippen LogP contribution in [-0.2, 0) is 15.0 Å². The van der Waals surface area contributed by atoms with E-state index in [0.717, 1.165) is 11.1 Å². The van der Waals surface area contributed by atoms with Gasteiger partial charge in [0, 0.05) is 6.42 Å². The SMILES string of the molecule is CC(C(=O)N[C@@H](CCCCC#N)C(N)=O)(c1ccccc1)c1ccccc1. The van der Waals surface area contributed by atoms with Crippen molar-refractivity contribution in [1.29, 1.82) is 5.26 Å². The number of nitrogens with one attached hydrogen (secondary N) is 1. The Bertz CT molecular complexity index is 758. The molecule has 2 aromatic rings. The number of primary amides is 1. The van der Waals surface area contributed by atoms with Gasteiger partial charge in [-0.1, -0.05) is 60.7 Å². The number of rotatable bonds is 9. The van der Waals surface area contributed by atoms with Crippen LogP contribution >= 0.6 is 0 Å². The largest absolute Gasteiger partial charge is 0.368 e. The van der Waals surface area contributed by atoms with E-state index in [4.69, 9.17) is 11.0 Å². The molecule has 0 fully saturated rings. The maximum atomic E-state index is 13.3. The van der Waals surface area contributed by atoms with Crippen LogP contribution in [0.5, 0.6) is 0 Å². The van der Waals surface area contributed by atoms with Crippen molar-refractivity contribution in [2.45, 2.75) is 44.1 Å². The van der Waals surface area contributed by atoms with E-state index in [0.29, 0.717) is 25.7 Å². The Balaban J connectivity index is 2.29. The second-order valence-electron chi connectivity index (χ2n) is 6.69. The molecule has 2 aromatic carbocycles. The first-order valence-electron chi connectivity index (χ1n) is 9.08. The predicted molar refractivity (Wildman–Crippen MR) is 105 cm³/mol. The highest BCUT2D eigenvalue weighted by Gasteiger charge is 2.38. The highest BCUT2D eigenvalue weighted by Crippen LogP contribution is 2.32. The second kappa shape index (κ2) is 9.54. The number of nitrogens with two attached hydrogens (primary N) is 1. The molecule has 5 nitrogen and oxygen atoms in total. The number of unbranched alkanes of at least 4 members (excludes halogenated alkanes) is 2. The highest BCUT2D eigenvalue weighted by atomic mass is 16.2. The van der Waals surface area contributed by atoms with Crippen LogP contribution in [0.4, 0.5) is 0 Å². The smallest absolute Gasteiger partial charge is 0.240 e. The fourth-order valence-electron chi connectivity index (χ4n) is 3.11. The summed E-state index contributed by atoms with van der Waals surface area (Å²) in [7, 11) is 0. The van der Waals surface area contributed by atoms with Crippen LogP contribution in [0, 0.1) is 11.3 Å². The van der Waals surface area contributed by atoms with Gasteiger partial charge in [-0.15, -0.1) is 0 Å². The first kappa shape index (κ1) is 20.2. The second-order valence-corrected chi connectivity index (χ2v) is 6.69. The number of amides is 2. The Morgan fingerprint density at radius 1 is 1.04 bits per heavy atom. The van der Waals surface area contributed by atoms with Gasteiger partial charge in [-0.05, 0) is 37.3 Å². The molecule has 0 aliphatic carbocycles. The molecule has 0 saturated carbocycles. The number of benzene rings is 2. The molecule has 0 saturated heterocycles. The van der Waals surface area contributed by atoms with E-state index in [-0.39, 0.29) is 5.91 Å². The number of carbonyl (C=O) groups excluding carboxylic acids is 2. The van der Waals surface area contributed by atoms with E-state index < -0.39 is 17.4 Å². The van der Waals surface area contributed by atoms with Gasteiger partial charge in [0.25, 0.3) is 0 Å². The maximum absolute atomic E-state index is 13.3. The van der Waals surface area contributed by atoms with Gasteiger partial charge in [-0.2, -0.15) is 5.26 Å². The summed E-state index contributed by atoms with van der Waals surface area (Å²) >= 11 is 0. The van der Waals surface area contributed by atoms with Crippen LogP contribution in [-0.4, -0.2) is 17.9 Å². The minimum atomic E-state index is -0.955. The maximum Gasteiger partial charge on any atom is 0.240 e. The van der Waals surface area contributed by atoms with Gasteiger partial charge < -0.3 is 11.1 Å². The third-order valence-corrected chi connectivity index (χ3v) is 4.84. The summed E-state index contributed by atoms with van der Waals surface area (Å²) in [6, 6.07) is 20.3. The summed E-state index contributed by atoms with van der Waals surface area (Å²) in [6.45, 7) is 1.85. The lowest BCUT2D eigenvalue weighted by atomic mass is 9.75. The molecule has 140 valence electrons. The summed E-state index contributed by atoms with van der Waals surface area (Å²) in [6.07, 6.45) is 2.16. The lowest BCUT2D eigenvalue weighted by Crippen LogP contribution is -2.51. The Kier molecular flexibility index (Phi) is 7.13. The predicted octanol–water partition coefficient (Wildman–Crippen LogP) is 3.05. The van der Waals surface area contributed by atoms with Crippen molar-refractivity contribution in [1.82, 2.24) is 5.32 Å². The van der Waals surface area contributed by atoms with Crippen molar-refractivity contribution in [3.63, 3.8) is 0 Å². The van der Waals surface area contributed by atoms with E-state index in [1.165, 1.54) is 0 Å². The zero-order valence-corrected chi connectivity index (χ0v) is 15.5. The van der Waals surface area contributed by atoms with Crippen molar-refractivity contribution in [2.75, 3.05) is 0 Å². The number of nitriles is 1. The molecule has 3 N–H and O–H groups in total. The average molecular weight is 363 g/mol. The number of carbonyl (C=O) groups is 2. The number of hydrogen-bond donors (Lipinski definition) is 2. The van der Waals surface area contributed by atoms with Crippen LogP contribution in [0.3, 0.4) is 0 Å². The lowest BCUT2D eigenvalue weighted by molar-refractivity contribution is -0.130. The van der Waals surface area contributed by atoms with Crippen LogP contribution in [0.2, 0.25) is 0 Å². The Labute approximate surface area is 160 Å². The zero-order valence-electron chi connectivity index (χ0n) is 15.5. The van der Waals surface area contributed by atoms with Crippen molar-refractivity contribution in [3.05, 3.63) is 71.8 Å². The van der Waals surface area contributed by atoms with Crippen LogP contribution < -0.4 is 11.1 Å². The highest BCUT2D eigenvalue weighted by molar-refractivity contribution is 5.95. The molecule has 0 unspecified atom stereocenters. The molecule has 0 aromatic heterocycles. The van der Waals surface area contributed by atoms with Gasteiger partial charge in [0.2, 0.25) is 11.8 Å². The summed E-state index contributed by atoms with van der Waals surface area (Å²) in [4.78, 5) is 25.1. The van der Waals surface area contributed by atoms with Crippen molar-refractivity contribution in [3.8, 4) is 6.07 Å². The molecular weight excluding hydrogens is 338 g/mol. The van der Waals surface area contributed by atoms with Gasteiger partial charge in [-0.3, -0.25) is 9.59 Å². The van der Waals surface area contributed by atoms with Gasteiger partial charge in [0.1, 0.15) is 6.04 Å². The topological polar surface area (TPSA) is 96.0 Å². The van der Waals surface area contributed by atoms with Crippen LogP contribution in [0.25, 0.3) is 0 Å². The van der Waals surface area contributed by atoms with Crippen molar-refractivity contribution < 1.29 is 9.59 Å². The van der Waals surface area contributed by atoms with Crippen LogP contribution in [0.1, 0.15) is 43.7 Å². The molecule has 0 radical (unpaired) electrons. The molecule has 5 heteroatoms. The first-order chi connectivity index (χ1) is 13.0. The standard InChI is InChI=1S/C22H25N3O2/c1-22(17-11-5-2-6-12-17,18-13-7-3-8-14-18)21(27)25-19(20(24)26)15-9-4-10-16-23/h2-3,5-8,11-14,19H,4,9-10,15H2,1H3,(H2,24,26)(H,25,27)/t19-/m0/s1. The number of hydrogen-bond acceptors (Lipinski definition) is 3. The minimum Gasteiger partial charge on any atom is -0.368 e. The molecule has 2 rings (SSSR count). The van der Waals surface area contributed by atoms with Gasteiger partial charge in [0.05, 0.1) is 11.5 Å². The molecule has 27 heavy (non-hydrogen) atoms. The van der Waals surface area contributed by atoms with E-state index in [2.05, 4.69) is 11.4 Å². The van der Waals surface area contributed by atoms with Crippen LogP contribution in [0.15, 0.2) is 60.7 Å². The van der Waals surface area contributed by atoms with E-state index in [1.807, 2.05) is 67.6 Å². The Morgan fingerprint density at radius 3 is 2.00 bits per heavy atom. The van der Waals surface area contributed by atoms with Crippen molar-refractivity contribution >= 4 is 11.8 Å². The molecule has 0 bridgehead atoms. The third kappa shape index (κ3) is 4.95. The quantitative estimate of drug-likeness (QED) is 0.670. The molecule has 1 atom stereocenters. The Morgan fingerprint density at radius 2 is 1.56 bits per heavy atom. The molecule has 0 aliphatic rings. The Hall–Kier alpha value is -3.13. The first-order valence-corrected chi connectivity index (χ1v) is 9.08. The fourth-order valence-corrected chi connectivity index (χ4v) is 3.11. The molecule has 0 heterocycles. The summed E-state index contributed by atoms with van der Waals surface area (Å²) in [5, 5.41) is 11.5. The minimum absolute atomic E-state index is 0.274. The van der Waals surface area contributed by atoms with Gasteiger partial charge >= 0.3 is 0 Å². The molecule has 2 amide bonds.